The first-order valence-corrected chi connectivity index (χ1v) is 10.8. The summed E-state index contributed by atoms with van der Waals surface area (Å²) in [7, 11) is 0. The van der Waals surface area contributed by atoms with Crippen molar-refractivity contribution >= 4 is 12.0 Å². The smallest absolute Gasteiger partial charge is 0.411 e. The zero-order chi connectivity index (χ0) is 23.0. The van der Waals surface area contributed by atoms with Crippen molar-refractivity contribution in [2.24, 2.45) is 0 Å². The average molecular weight is 447 g/mol. The van der Waals surface area contributed by atoms with Crippen LogP contribution in [-0.2, 0) is 18.0 Å². The molecule has 3 aromatic rings. The van der Waals surface area contributed by atoms with Crippen molar-refractivity contribution in [2.45, 2.75) is 31.9 Å². The van der Waals surface area contributed by atoms with E-state index in [0.29, 0.717) is 30.9 Å². The Balaban J connectivity index is 1.32. The second-order valence-electron chi connectivity index (χ2n) is 7.81. The number of benzene rings is 3. The summed E-state index contributed by atoms with van der Waals surface area (Å²) in [4.78, 5) is 26.6. The first kappa shape index (κ1) is 22.4. The third-order valence-electron chi connectivity index (χ3n) is 5.45. The van der Waals surface area contributed by atoms with Gasteiger partial charge in [0, 0.05) is 12.1 Å². The quantitative estimate of drug-likeness (QED) is 0.578. The van der Waals surface area contributed by atoms with Crippen molar-refractivity contribution < 1.29 is 24.2 Å². The average Bonchev–Trinajstić information content (AvgIpc) is 3.22. The Morgan fingerprint density at radius 3 is 2.12 bits per heavy atom. The van der Waals surface area contributed by atoms with Gasteiger partial charge in [0.2, 0.25) is 0 Å². The molecule has 1 heterocycles. The van der Waals surface area contributed by atoms with Crippen LogP contribution in [0.15, 0.2) is 84.9 Å². The van der Waals surface area contributed by atoms with Gasteiger partial charge in [-0.15, -0.1) is 0 Å². The maximum absolute atomic E-state index is 12.7. The molecule has 0 aromatic heterocycles. The number of nitrogens with zero attached hydrogens (tertiary/aromatic N) is 1. The fraction of sp³-hybridized carbons (Fsp3) is 0.231. The summed E-state index contributed by atoms with van der Waals surface area (Å²) in [5.41, 5.74) is 2.31. The van der Waals surface area contributed by atoms with E-state index < -0.39 is 24.3 Å². The Hall–Kier alpha value is -3.84. The van der Waals surface area contributed by atoms with Gasteiger partial charge in [-0.3, -0.25) is 9.69 Å². The second-order valence-corrected chi connectivity index (χ2v) is 7.81. The molecule has 0 bridgehead atoms. The lowest BCUT2D eigenvalue weighted by Gasteiger charge is -2.26. The van der Waals surface area contributed by atoms with Crippen LogP contribution in [-0.4, -0.2) is 40.8 Å². The number of likely N-dealkylation sites (tertiary alicyclic amines) is 1. The van der Waals surface area contributed by atoms with Crippen molar-refractivity contribution in [3.05, 3.63) is 102 Å². The Kier molecular flexibility index (Phi) is 7.22. The van der Waals surface area contributed by atoms with Crippen molar-refractivity contribution in [2.75, 3.05) is 6.54 Å². The number of aliphatic hydroxyl groups is 1. The zero-order valence-corrected chi connectivity index (χ0v) is 18.1. The fourth-order valence-electron chi connectivity index (χ4n) is 3.62. The molecule has 7 heteroatoms. The largest absolute Gasteiger partial charge is 0.489 e. The van der Waals surface area contributed by atoms with Crippen LogP contribution in [0.4, 0.5) is 4.79 Å². The molecular weight excluding hydrogens is 420 g/mol. The highest BCUT2D eigenvalue weighted by molar-refractivity contribution is 5.94. The first-order chi connectivity index (χ1) is 16.1. The van der Waals surface area contributed by atoms with Crippen LogP contribution in [0.5, 0.6) is 5.75 Å². The van der Waals surface area contributed by atoms with E-state index >= 15 is 0 Å². The van der Waals surface area contributed by atoms with Gasteiger partial charge in [0.05, 0.1) is 6.10 Å². The number of carbonyl (C=O) groups is 2. The standard InChI is InChI=1S/C26H26N2O5/c29-23-15-16-28(26(31)33-18-20-9-5-2-6-10-20)24(23)27-25(30)21-11-13-22(14-12-21)32-17-19-7-3-1-4-8-19/h1-14,23-24,29H,15-18H2,(H,27,30). The molecule has 2 unspecified atom stereocenters. The molecule has 33 heavy (non-hydrogen) atoms. The van der Waals surface area contributed by atoms with Gasteiger partial charge >= 0.3 is 6.09 Å². The summed E-state index contributed by atoms with van der Waals surface area (Å²) in [6, 6.07) is 25.9. The van der Waals surface area contributed by atoms with Gasteiger partial charge in [-0.1, -0.05) is 60.7 Å². The zero-order valence-electron chi connectivity index (χ0n) is 18.1. The maximum atomic E-state index is 12.7. The predicted molar refractivity (Wildman–Crippen MR) is 122 cm³/mol. The number of hydrogen-bond acceptors (Lipinski definition) is 5. The first-order valence-electron chi connectivity index (χ1n) is 10.8. The van der Waals surface area contributed by atoms with Crippen molar-refractivity contribution in [3.8, 4) is 5.75 Å². The lowest BCUT2D eigenvalue weighted by Crippen LogP contribution is -2.51. The second kappa shape index (κ2) is 10.7. The maximum Gasteiger partial charge on any atom is 0.411 e. The molecule has 2 atom stereocenters. The van der Waals surface area contributed by atoms with Crippen LogP contribution in [0.3, 0.4) is 0 Å². The number of ether oxygens (including phenoxy) is 2. The number of nitrogens with one attached hydrogen (secondary N) is 1. The SMILES string of the molecule is O=C(NC1C(O)CCN1C(=O)OCc1ccccc1)c1ccc(OCc2ccccc2)cc1. The minimum absolute atomic E-state index is 0.122. The molecule has 170 valence electrons. The van der Waals surface area contributed by atoms with Crippen LogP contribution < -0.4 is 10.1 Å². The molecule has 0 aliphatic carbocycles. The summed E-state index contributed by atoms with van der Waals surface area (Å²) >= 11 is 0. The third-order valence-corrected chi connectivity index (χ3v) is 5.45. The minimum Gasteiger partial charge on any atom is -0.489 e. The van der Waals surface area contributed by atoms with Gasteiger partial charge in [0.25, 0.3) is 5.91 Å². The van der Waals surface area contributed by atoms with Crippen LogP contribution in [0.25, 0.3) is 0 Å². The van der Waals surface area contributed by atoms with Crippen molar-refractivity contribution in [1.82, 2.24) is 10.2 Å². The molecule has 1 aliphatic heterocycles. The molecule has 1 aliphatic rings. The van der Waals surface area contributed by atoms with E-state index in [2.05, 4.69) is 5.32 Å². The Morgan fingerprint density at radius 2 is 1.48 bits per heavy atom. The molecule has 0 spiro atoms. The van der Waals surface area contributed by atoms with Crippen molar-refractivity contribution in [3.63, 3.8) is 0 Å². The van der Waals surface area contributed by atoms with E-state index in [1.165, 1.54) is 4.90 Å². The number of amides is 2. The van der Waals surface area contributed by atoms with Gasteiger partial charge in [0.15, 0.2) is 0 Å². The van der Waals surface area contributed by atoms with Gasteiger partial charge in [0.1, 0.15) is 25.1 Å². The Bertz CT molecular complexity index is 1060. The van der Waals surface area contributed by atoms with Crippen molar-refractivity contribution in [1.29, 1.82) is 0 Å². The van der Waals surface area contributed by atoms with Crippen LogP contribution in [0.2, 0.25) is 0 Å². The Morgan fingerprint density at radius 1 is 0.879 bits per heavy atom. The molecule has 1 saturated heterocycles. The summed E-state index contributed by atoms with van der Waals surface area (Å²) in [6.45, 7) is 0.851. The number of aliphatic hydroxyl groups excluding tert-OH is 1. The molecule has 0 saturated carbocycles. The molecule has 1 fully saturated rings. The molecule has 4 rings (SSSR count). The summed E-state index contributed by atoms with van der Waals surface area (Å²) in [5.74, 6) is 0.249. The molecule has 3 aromatic carbocycles. The van der Waals surface area contributed by atoms with Gasteiger partial charge in [-0.05, 0) is 41.8 Å². The highest BCUT2D eigenvalue weighted by atomic mass is 16.6. The van der Waals surface area contributed by atoms with E-state index in [1.807, 2.05) is 60.7 Å². The highest BCUT2D eigenvalue weighted by Crippen LogP contribution is 2.19. The molecular formula is C26H26N2O5. The molecule has 2 N–H and O–H groups in total. The van der Waals surface area contributed by atoms with Crippen LogP contribution in [0.1, 0.15) is 27.9 Å². The number of rotatable bonds is 7. The lowest BCUT2D eigenvalue weighted by atomic mass is 10.2. The molecule has 7 nitrogen and oxygen atoms in total. The van der Waals surface area contributed by atoms with E-state index in [1.54, 1.807) is 24.3 Å². The van der Waals surface area contributed by atoms with Gasteiger partial charge < -0.3 is 19.9 Å². The molecule has 2 amide bonds. The number of carbonyl (C=O) groups excluding carboxylic acids is 2. The normalized spacial score (nSPS) is 17.4. The summed E-state index contributed by atoms with van der Waals surface area (Å²) in [5, 5.41) is 13.1. The molecule has 0 radical (unpaired) electrons. The lowest BCUT2D eigenvalue weighted by molar-refractivity contribution is 0.0547. The topological polar surface area (TPSA) is 88.1 Å². The van der Waals surface area contributed by atoms with Gasteiger partial charge in [-0.25, -0.2) is 4.79 Å². The van der Waals surface area contributed by atoms with Crippen LogP contribution >= 0.6 is 0 Å². The minimum atomic E-state index is -0.869. The number of hydrogen-bond donors (Lipinski definition) is 2. The monoisotopic (exact) mass is 446 g/mol. The van der Waals surface area contributed by atoms with E-state index in [9.17, 15) is 14.7 Å². The van der Waals surface area contributed by atoms with Gasteiger partial charge in [-0.2, -0.15) is 0 Å². The summed E-state index contributed by atoms with van der Waals surface area (Å²) < 4.78 is 11.1. The van der Waals surface area contributed by atoms with E-state index in [0.717, 1.165) is 11.1 Å². The highest BCUT2D eigenvalue weighted by Gasteiger charge is 2.38. The fourth-order valence-corrected chi connectivity index (χ4v) is 3.62. The Labute approximate surface area is 192 Å². The predicted octanol–water partition coefficient (Wildman–Crippen LogP) is 3.72. The summed E-state index contributed by atoms with van der Waals surface area (Å²) in [6.07, 6.45) is -1.94. The van der Waals surface area contributed by atoms with Crippen LogP contribution in [0, 0.1) is 0 Å². The van der Waals surface area contributed by atoms with E-state index in [-0.39, 0.29) is 6.61 Å². The third kappa shape index (κ3) is 5.90. The van der Waals surface area contributed by atoms with E-state index in [4.69, 9.17) is 9.47 Å².